The van der Waals surface area contributed by atoms with Gasteiger partial charge in [-0.2, -0.15) is 0 Å². The van der Waals surface area contributed by atoms with Gasteiger partial charge >= 0.3 is 0 Å². The summed E-state index contributed by atoms with van der Waals surface area (Å²) in [4.78, 5) is 12.3. The number of rotatable bonds is 2. The van der Waals surface area contributed by atoms with Gasteiger partial charge in [-0.05, 0) is 58.8 Å². The summed E-state index contributed by atoms with van der Waals surface area (Å²) in [6.45, 7) is 0.437. The van der Waals surface area contributed by atoms with Gasteiger partial charge in [0.25, 0.3) is 0 Å². The highest BCUT2D eigenvalue weighted by atomic mass is 127. The second kappa shape index (κ2) is 5.83. The molecule has 102 valence electrons. The first kappa shape index (κ1) is 13.4. The quantitative estimate of drug-likeness (QED) is 0.812. The van der Waals surface area contributed by atoms with Crippen molar-refractivity contribution >= 4 is 34.2 Å². The van der Waals surface area contributed by atoms with E-state index in [0.717, 1.165) is 27.0 Å². The number of amides is 1. The minimum Gasteiger partial charge on any atom is -0.492 e. The van der Waals surface area contributed by atoms with Crippen LogP contribution in [0, 0.1) is 9.49 Å². The Labute approximate surface area is 131 Å². The summed E-state index contributed by atoms with van der Waals surface area (Å²) in [5.41, 5.74) is 1.93. The van der Waals surface area contributed by atoms with Crippen LogP contribution in [0.15, 0.2) is 48.5 Å². The number of nitrogens with one attached hydrogen (secondary N) is 1. The molecule has 0 aliphatic carbocycles. The number of fused-ring (bicyclic) bond motifs is 1. The van der Waals surface area contributed by atoms with Crippen LogP contribution < -0.4 is 10.1 Å². The fourth-order valence-corrected chi connectivity index (χ4v) is 2.85. The molecule has 0 fully saturated rings. The molecule has 1 aliphatic heterocycles. The van der Waals surface area contributed by atoms with Crippen LogP contribution in [-0.2, 0) is 11.2 Å². The van der Waals surface area contributed by atoms with Gasteiger partial charge in [-0.25, -0.2) is 0 Å². The van der Waals surface area contributed by atoms with Crippen molar-refractivity contribution in [2.75, 3.05) is 11.9 Å². The maximum Gasteiger partial charge on any atom is 0.231 e. The molecule has 2 aromatic rings. The summed E-state index contributed by atoms with van der Waals surface area (Å²) in [5.74, 6) is 0.773. The van der Waals surface area contributed by atoms with Crippen LogP contribution in [0.5, 0.6) is 5.75 Å². The molecule has 2 aromatic carbocycles. The fraction of sp³-hybridized carbons (Fsp3) is 0.188. The van der Waals surface area contributed by atoms with Gasteiger partial charge in [0.15, 0.2) is 0 Å². The highest BCUT2D eigenvalue weighted by Crippen LogP contribution is 2.27. The van der Waals surface area contributed by atoms with Crippen molar-refractivity contribution in [2.24, 2.45) is 5.92 Å². The van der Waals surface area contributed by atoms with Crippen LogP contribution in [0.2, 0.25) is 0 Å². The first-order chi connectivity index (χ1) is 9.72. The van der Waals surface area contributed by atoms with E-state index < -0.39 is 0 Å². The van der Waals surface area contributed by atoms with E-state index in [2.05, 4.69) is 27.9 Å². The largest absolute Gasteiger partial charge is 0.492 e. The molecular formula is C16H14INO2. The number of hydrogen-bond donors (Lipinski definition) is 1. The Hall–Kier alpha value is -1.56. The third-order valence-corrected chi connectivity index (χ3v) is 4.01. The molecule has 0 saturated carbocycles. The molecular weight excluding hydrogens is 365 g/mol. The van der Waals surface area contributed by atoms with Gasteiger partial charge in [0.05, 0.1) is 5.92 Å². The summed E-state index contributed by atoms with van der Waals surface area (Å²) in [7, 11) is 0. The minimum atomic E-state index is -0.136. The Morgan fingerprint density at radius 2 is 2.05 bits per heavy atom. The van der Waals surface area contributed by atoms with E-state index in [1.165, 1.54) is 0 Å². The van der Waals surface area contributed by atoms with Crippen LogP contribution in [0.3, 0.4) is 0 Å². The smallest absolute Gasteiger partial charge is 0.231 e. The molecule has 1 N–H and O–H groups in total. The van der Waals surface area contributed by atoms with Crippen LogP contribution in [-0.4, -0.2) is 12.5 Å². The Morgan fingerprint density at radius 1 is 1.20 bits per heavy atom. The molecule has 3 nitrogen and oxygen atoms in total. The molecule has 0 saturated heterocycles. The van der Waals surface area contributed by atoms with E-state index in [4.69, 9.17) is 4.74 Å². The molecule has 3 rings (SSSR count). The molecule has 1 atom stereocenters. The molecule has 1 amide bonds. The van der Waals surface area contributed by atoms with Crippen molar-refractivity contribution in [2.45, 2.75) is 6.42 Å². The summed E-state index contributed by atoms with van der Waals surface area (Å²) in [6, 6.07) is 15.7. The van der Waals surface area contributed by atoms with Crippen LogP contribution >= 0.6 is 22.6 Å². The van der Waals surface area contributed by atoms with E-state index in [1.807, 2.05) is 48.5 Å². The van der Waals surface area contributed by atoms with Gasteiger partial charge in [0.1, 0.15) is 12.4 Å². The molecule has 0 unspecified atom stereocenters. The Kier molecular flexibility index (Phi) is 3.91. The Balaban J connectivity index is 1.70. The number of anilines is 1. The van der Waals surface area contributed by atoms with Crippen molar-refractivity contribution in [1.29, 1.82) is 0 Å². The minimum absolute atomic E-state index is 0.0153. The third-order valence-electron chi connectivity index (χ3n) is 3.34. The van der Waals surface area contributed by atoms with Crippen molar-refractivity contribution in [3.63, 3.8) is 0 Å². The number of halogens is 1. The SMILES string of the molecule is O=C(Nc1cccc(I)c1)[C@H]1COc2ccccc2C1. The predicted octanol–water partition coefficient (Wildman–Crippen LogP) is 3.48. The number of carbonyl (C=O) groups excluding carboxylic acids is 1. The van der Waals surface area contributed by atoms with Crippen molar-refractivity contribution < 1.29 is 9.53 Å². The molecule has 1 aliphatic rings. The second-order valence-electron chi connectivity index (χ2n) is 4.82. The standard InChI is InChI=1S/C16H14INO2/c17-13-5-3-6-14(9-13)18-16(19)12-8-11-4-1-2-7-15(11)20-10-12/h1-7,9,12H,8,10H2,(H,18,19)/t12-/m1/s1. The van der Waals surface area contributed by atoms with Gasteiger partial charge in [-0.3, -0.25) is 4.79 Å². The summed E-state index contributed by atoms with van der Waals surface area (Å²) >= 11 is 2.23. The molecule has 20 heavy (non-hydrogen) atoms. The van der Waals surface area contributed by atoms with Crippen LogP contribution in [0.4, 0.5) is 5.69 Å². The van der Waals surface area contributed by atoms with Gasteiger partial charge in [0, 0.05) is 9.26 Å². The molecule has 0 aromatic heterocycles. The molecule has 1 heterocycles. The summed E-state index contributed by atoms with van der Waals surface area (Å²) in [6.07, 6.45) is 0.728. The van der Waals surface area contributed by atoms with Crippen LogP contribution in [0.1, 0.15) is 5.56 Å². The lowest BCUT2D eigenvalue weighted by Crippen LogP contribution is -2.32. The van der Waals surface area contributed by atoms with E-state index in [9.17, 15) is 4.79 Å². The first-order valence-electron chi connectivity index (χ1n) is 6.49. The Morgan fingerprint density at radius 3 is 2.90 bits per heavy atom. The third kappa shape index (κ3) is 2.95. The topological polar surface area (TPSA) is 38.3 Å². The van der Waals surface area contributed by atoms with Crippen molar-refractivity contribution in [1.82, 2.24) is 0 Å². The lowest BCUT2D eigenvalue weighted by molar-refractivity contribution is -0.121. The monoisotopic (exact) mass is 379 g/mol. The van der Waals surface area contributed by atoms with Crippen molar-refractivity contribution in [3.8, 4) is 5.75 Å². The van der Waals surface area contributed by atoms with E-state index in [1.54, 1.807) is 0 Å². The lowest BCUT2D eigenvalue weighted by atomic mass is 9.96. The predicted molar refractivity (Wildman–Crippen MR) is 86.9 cm³/mol. The van der Waals surface area contributed by atoms with E-state index >= 15 is 0 Å². The highest BCUT2D eigenvalue weighted by Gasteiger charge is 2.25. The highest BCUT2D eigenvalue weighted by molar-refractivity contribution is 14.1. The van der Waals surface area contributed by atoms with Crippen molar-refractivity contribution in [3.05, 3.63) is 57.7 Å². The average Bonchev–Trinajstić information content (AvgIpc) is 2.47. The molecule has 4 heteroatoms. The molecule has 0 spiro atoms. The van der Waals surface area contributed by atoms with E-state index in [-0.39, 0.29) is 11.8 Å². The fourth-order valence-electron chi connectivity index (χ4n) is 2.31. The average molecular weight is 379 g/mol. The van der Waals surface area contributed by atoms with E-state index in [0.29, 0.717) is 6.61 Å². The number of hydrogen-bond acceptors (Lipinski definition) is 2. The first-order valence-corrected chi connectivity index (χ1v) is 7.57. The number of ether oxygens (including phenoxy) is 1. The zero-order valence-corrected chi connectivity index (χ0v) is 13.0. The maximum absolute atomic E-state index is 12.3. The van der Waals surface area contributed by atoms with Crippen LogP contribution in [0.25, 0.3) is 0 Å². The molecule has 0 bridgehead atoms. The number of benzene rings is 2. The lowest BCUT2D eigenvalue weighted by Gasteiger charge is -2.24. The summed E-state index contributed by atoms with van der Waals surface area (Å²) in [5, 5.41) is 2.96. The maximum atomic E-state index is 12.3. The second-order valence-corrected chi connectivity index (χ2v) is 6.07. The zero-order valence-electron chi connectivity index (χ0n) is 10.8. The Bertz CT molecular complexity index is 642. The zero-order chi connectivity index (χ0) is 13.9. The van der Waals surface area contributed by atoms with Gasteiger partial charge in [0.2, 0.25) is 5.91 Å². The number of para-hydroxylation sites is 1. The number of carbonyl (C=O) groups is 1. The van der Waals surface area contributed by atoms with Gasteiger partial charge in [-0.15, -0.1) is 0 Å². The van der Waals surface area contributed by atoms with Gasteiger partial charge in [-0.1, -0.05) is 24.3 Å². The summed E-state index contributed by atoms with van der Waals surface area (Å²) < 4.78 is 6.76. The van der Waals surface area contributed by atoms with Gasteiger partial charge < -0.3 is 10.1 Å². The molecule has 0 radical (unpaired) electrons. The normalized spacial score (nSPS) is 16.9.